The van der Waals surface area contributed by atoms with Gasteiger partial charge < -0.3 is 15.2 Å². The lowest BCUT2D eigenvalue weighted by Crippen LogP contribution is -2.40. The summed E-state index contributed by atoms with van der Waals surface area (Å²) in [4.78, 5) is 9.72. The predicted octanol–water partition coefficient (Wildman–Crippen LogP) is 2.38. The molecule has 2 N–H and O–H groups in total. The normalized spacial score (nSPS) is 12.5. The van der Waals surface area contributed by atoms with Crippen molar-refractivity contribution in [2.24, 2.45) is 0 Å². The molecule has 19 heavy (non-hydrogen) atoms. The molecule has 0 unspecified atom stereocenters. The first-order chi connectivity index (χ1) is 8.94. The van der Waals surface area contributed by atoms with Crippen LogP contribution in [0, 0.1) is 0 Å². The lowest BCUT2D eigenvalue weighted by Gasteiger charge is -2.23. The summed E-state index contributed by atoms with van der Waals surface area (Å²) in [5, 5.41) is 3.51. The van der Waals surface area contributed by atoms with Crippen LogP contribution < -0.4 is 5.32 Å². The summed E-state index contributed by atoms with van der Waals surface area (Å²) in [7, 11) is 2.15. The van der Waals surface area contributed by atoms with E-state index in [-0.39, 0.29) is 5.54 Å². The molecule has 0 spiro atoms. The summed E-state index contributed by atoms with van der Waals surface area (Å²) in [5.41, 5.74) is 3.64. The number of imidazole rings is 1. The molecule has 1 aromatic heterocycles. The fourth-order valence-corrected chi connectivity index (χ4v) is 2.09. The Kier molecular flexibility index (Phi) is 4.22. The molecule has 0 fully saturated rings. The Morgan fingerprint density at radius 1 is 1.32 bits per heavy atom. The summed E-state index contributed by atoms with van der Waals surface area (Å²) in [6, 6.07) is 6.40. The topological polar surface area (TPSA) is 44.0 Å². The number of fused-ring (bicyclic) bond motifs is 1. The summed E-state index contributed by atoms with van der Waals surface area (Å²) < 4.78 is 0. The molecule has 4 nitrogen and oxygen atoms in total. The van der Waals surface area contributed by atoms with Gasteiger partial charge in [-0.3, -0.25) is 0 Å². The molecule has 104 valence electrons. The van der Waals surface area contributed by atoms with E-state index in [2.05, 4.69) is 66.2 Å². The van der Waals surface area contributed by atoms with Gasteiger partial charge in [0.15, 0.2) is 0 Å². The third-order valence-corrected chi connectivity index (χ3v) is 3.09. The van der Waals surface area contributed by atoms with E-state index in [1.807, 2.05) is 0 Å². The Morgan fingerprint density at radius 2 is 2.11 bits per heavy atom. The van der Waals surface area contributed by atoms with Crippen molar-refractivity contribution < 1.29 is 0 Å². The van der Waals surface area contributed by atoms with E-state index in [1.165, 1.54) is 5.56 Å². The maximum Gasteiger partial charge on any atom is 0.0931 e. The van der Waals surface area contributed by atoms with Crippen LogP contribution in [-0.4, -0.2) is 40.5 Å². The zero-order chi connectivity index (χ0) is 13.9. The molecule has 0 aliphatic carbocycles. The van der Waals surface area contributed by atoms with Gasteiger partial charge in [-0.25, -0.2) is 4.98 Å². The first-order valence-electron chi connectivity index (χ1n) is 6.80. The van der Waals surface area contributed by atoms with Crippen LogP contribution in [0.1, 0.15) is 26.3 Å². The first-order valence-corrected chi connectivity index (χ1v) is 6.80. The van der Waals surface area contributed by atoms with Crippen molar-refractivity contribution in [3.63, 3.8) is 0 Å². The van der Waals surface area contributed by atoms with Crippen LogP contribution in [0.5, 0.6) is 0 Å². The molecule has 2 rings (SSSR count). The number of benzene rings is 1. The van der Waals surface area contributed by atoms with Gasteiger partial charge in [-0.15, -0.1) is 0 Å². The van der Waals surface area contributed by atoms with Crippen molar-refractivity contribution in [1.82, 2.24) is 20.2 Å². The second-order valence-corrected chi connectivity index (χ2v) is 6.17. The van der Waals surface area contributed by atoms with E-state index in [0.717, 1.165) is 30.7 Å². The van der Waals surface area contributed by atoms with Gasteiger partial charge in [-0.1, -0.05) is 6.07 Å². The van der Waals surface area contributed by atoms with Gasteiger partial charge >= 0.3 is 0 Å². The molecular weight excluding hydrogens is 236 g/mol. The Bertz CT molecular complexity index is 524. The van der Waals surface area contributed by atoms with Crippen molar-refractivity contribution in [2.45, 2.75) is 32.9 Å². The maximum absolute atomic E-state index is 4.24. The SMILES string of the molecule is CN(CCNC(C)(C)C)Cc1ccc2nc[nH]c2c1. The molecule has 0 aliphatic rings. The maximum atomic E-state index is 4.24. The van der Waals surface area contributed by atoms with E-state index in [0.29, 0.717) is 0 Å². The standard InChI is InChI=1S/C15H24N4/c1-15(2,3)18-7-8-19(4)10-12-5-6-13-14(9-12)17-11-16-13/h5-6,9,11,18H,7-8,10H2,1-4H3,(H,16,17). The zero-order valence-electron chi connectivity index (χ0n) is 12.3. The van der Waals surface area contributed by atoms with E-state index in [1.54, 1.807) is 6.33 Å². The number of aromatic nitrogens is 2. The van der Waals surface area contributed by atoms with E-state index >= 15 is 0 Å². The quantitative estimate of drug-likeness (QED) is 0.867. The van der Waals surface area contributed by atoms with Crippen LogP contribution in [0.25, 0.3) is 11.0 Å². The number of hydrogen-bond acceptors (Lipinski definition) is 3. The molecule has 1 heterocycles. The van der Waals surface area contributed by atoms with Crippen LogP contribution in [0.4, 0.5) is 0 Å². The molecule has 0 radical (unpaired) electrons. The molecule has 0 aliphatic heterocycles. The fraction of sp³-hybridized carbons (Fsp3) is 0.533. The first kappa shape index (κ1) is 14.0. The molecule has 0 atom stereocenters. The van der Waals surface area contributed by atoms with Crippen LogP contribution in [0.3, 0.4) is 0 Å². The second-order valence-electron chi connectivity index (χ2n) is 6.17. The van der Waals surface area contributed by atoms with Crippen molar-refractivity contribution >= 4 is 11.0 Å². The molecular formula is C15H24N4. The number of rotatable bonds is 5. The molecule has 0 saturated carbocycles. The average Bonchev–Trinajstić information content (AvgIpc) is 2.74. The molecule has 2 aromatic rings. The van der Waals surface area contributed by atoms with Crippen LogP contribution in [0.2, 0.25) is 0 Å². The van der Waals surface area contributed by atoms with Crippen molar-refractivity contribution in [3.05, 3.63) is 30.1 Å². The van der Waals surface area contributed by atoms with Crippen molar-refractivity contribution in [2.75, 3.05) is 20.1 Å². The highest BCUT2D eigenvalue weighted by molar-refractivity contribution is 5.74. The van der Waals surface area contributed by atoms with Crippen LogP contribution in [-0.2, 0) is 6.54 Å². The minimum atomic E-state index is 0.190. The lowest BCUT2D eigenvalue weighted by atomic mass is 10.1. The summed E-state index contributed by atoms with van der Waals surface area (Å²) in [6.45, 7) is 9.59. The van der Waals surface area contributed by atoms with Gasteiger partial charge in [-0.2, -0.15) is 0 Å². The Hall–Kier alpha value is -1.39. The van der Waals surface area contributed by atoms with E-state index < -0.39 is 0 Å². The largest absolute Gasteiger partial charge is 0.345 e. The highest BCUT2D eigenvalue weighted by Gasteiger charge is 2.08. The van der Waals surface area contributed by atoms with Gasteiger partial charge in [0.05, 0.1) is 17.4 Å². The highest BCUT2D eigenvalue weighted by Crippen LogP contribution is 2.12. The van der Waals surface area contributed by atoms with E-state index in [9.17, 15) is 0 Å². The lowest BCUT2D eigenvalue weighted by molar-refractivity contribution is 0.303. The Labute approximate surface area is 115 Å². The number of H-pyrrole nitrogens is 1. The molecule has 0 bridgehead atoms. The smallest absolute Gasteiger partial charge is 0.0931 e. The summed E-state index contributed by atoms with van der Waals surface area (Å²) >= 11 is 0. The van der Waals surface area contributed by atoms with E-state index in [4.69, 9.17) is 0 Å². The molecule has 0 saturated heterocycles. The molecule has 1 aromatic carbocycles. The number of aromatic amines is 1. The third-order valence-electron chi connectivity index (χ3n) is 3.09. The van der Waals surface area contributed by atoms with Crippen molar-refractivity contribution in [3.8, 4) is 0 Å². The number of nitrogens with one attached hydrogen (secondary N) is 2. The zero-order valence-corrected chi connectivity index (χ0v) is 12.3. The van der Waals surface area contributed by atoms with Gasteiger partial charge in [0.2, 0.25) is 0 Å². The Balaban J connectivity index is 1.86. The van der Waals surface area contributed by atoms with Crippen molar-refractivity contribution in [1.29, 1.82) is 0 Å². The Morgan fingerprint density at radius 3 is 2.84 bits per heavy atom. The number of likely N-dealkylation sites (N-methyl/N-ethyl adjacent to an activating group) is 1. The summed E-state index contributed by atoms with van der Waals surface area (Å²) in [5.74, 6) is 0. The monoisotopic (exact) mass is 260 g/mol. The number of nitrogens with zero attached hydrogens (tertiary/aromatic N) is 2. The molecule has 0 amide bonds. The summed E-state index contributed by atoms with van der Waals surface area (Å²) in [6.07, 6.45) is 1.74. The average molecular weight is 260 g/mol. The second kappa shape index (κ2) is 5.72. The minimum Gasteiger partial charge on any atom is -0.345 e. The van der Waals surface area contributed by atoms with Crippen LogP contribution >= 0.6 is 0 Å². The fourth-order valence-electron chi connectivity index (χ4n) is 2.09. The van der Waals surface area contributed by atoms with Gasteiger partial charge in [0.25, 0.3) is 0 Å². The minimum absolute atomic E-state index is 0.190. The van der Waals surface area contributed by atoms with Gasteiger partial charge in [0, 0.05) is 25.2 Å². The van der Waals surface area contributed by atoms with Crippen LogP contribution in [0.15, 0.2) is 24.5 Å². The highest BCUT2D eigenvalue weighted by atomic mass is 15.1. The molecule has 4 heteroatoms. The van der Waals surface area contributed by atoms with Gasteiger partial charge in [0.1, 0.15) is 0 Å². The predicted molar refractivity (Wildman–Crippen MR) is 80.2 cm³/mol. The number of hydrogen-bond donors (Lipinski definition) is 2. The van der Waals surface area contributed by atoms with Gasteiger partial charge in [-0.05, 0) is 45.5 Å². The third kappa shape index (κ3) is 4.33.